The Bertz CT molecular complexity index is 980. The van der Waals surface area contributed by atoms with Gasteiger partial charge >= 0.3 is 0 Å². The zero-order valence-electron chi connectivity index (χ0n) is 14.4. The fraction of sp³-hybridized carbons (Fsp3) is 0.143. The number of anilines is 1. The van der Waals surface area contributed by atoms with Gasteiger partial charge in [0.1, 0.15) is 0 Å². The van der Waals surface area contributed by atoms with E-state index in [1.807, 2.05) is 61.5 Å². The molecule has 4 rings (SSSR count). The van der Waals surface area contributed by atoms with Crippen LogP contribution in [0.15, 0.2) is 71.7 Å². The average molecular weight is 361 g/mol. The number of hydrogen-bond donors (Lipinski definition) is 2. The molecule has 0 unspecified atom stereocenters. The minimum atomic E-state index is -0.0139. The summed E-state index contributed by atoms with van der Waals surface area (Å²) < 4.78 is 0. The van der Waals surface area contributed by atoms with Crippen molar-refractivity contribution in [3.8, 4) is 0 Å². The lowest BCUT2D eigenvalue weighted by molar-refractivity contribution is -0.119. The van der Waals surface area contributed by atoms with Crippen molar-refractivity contribution in [1.82, 2.24) is 5.32 Å². The number of amidine groups is 1. The second-order valence-corrected chi connectivity index (χ2v) is 7.18. The minimum absolute atomic E-state index is 0.00656. The number of carbonyl (C=O) groups is 1. The summed E-state index contributed by atoms with van der Waals surface area (Å²) in [6, 6.07) is 22.2. The summed E-state index contributed by atoms with van der Waals surface area (Å²) in [7, 11) is 0. The summed E-state index contributed by atoms with van der Waals surface area (Å²) in [4.78, 5) is 17.0. The van der Waals surface area contributed by atoms with Crippen LogP contribution < -0.4 is 10.6 Å². The van der Waals surface area contributed by atoms with Gasteiger partial charge in [0, 0.05) is 5.39 Å². The normalized spacial score (nSPS) is 13.7. The second kappa shape index (κ2) is 7.22. The maximum atomic E-state index is 12.3. The van der Waals surface area contributed by atoms with Gasteiger partial charge in [0.25, 0.3) is 0 Å². The van der Waals surface area contributed by atoms with Crippen molar-refractivity contribution in [2.75, 3.05) is 11.1 Å². The number of nitrogens with zero attached hydrogens (tertiary/aromatic N) is 1. The van der Waals surface area contributed by atoms with Crippen LogP contribution in [0.25, 0.3) is 10.8 Å². The van der Waals surface area contributed by atoms with Crippen LogP contribution in [0.5, 0.6) is 0 Å². The van der Waals surface area contributed by atoms with Gasteiger partial charge in [-0.25, -0.2) is 4.99 Å². The number of nitrogens with one attached hydrogen (secondary N) is 2. The van der Waals surface area contributed by atoms with Crippen LogP contribution in [-0.2, 0) is 4.79 Å². The molecule has 0 radical (unpaired) electrons. The third kappa shape index (κ3) is 3.44. The minimum Gasteiger partial charge on any atom is -0.349 e. The number of hydrogen-bond acceptors (Lipinski definition) is 4. The summed E-state index contributed by atoms with van der Waals surface area (Å²) in [5.41, 5.74) is 3.07. The number of benzene rings is 3. The van der Waals surface area contributed by atoms with Crippen LogP contribution in [0.1, 0.15) is 18.5 Å². The Morgan fingerprint density at radius 1 is 1.08 bits per heavy atom. The Kier molecular flexibility index (Phi) is 4.63. The smallest absolute Gasteiger partial charge is 0.230 e. The standard InChI is InChI=1S/C21H19N3OS/c1-14(15-7-3-2-4-8-15)22-19(25)13-26-21-23-17-11-5-9-16-10-6-12-18(24-21)20(16)17/h2-12,14H,13H2,1H3,(H,22,25)(H,23,24)/t14-/m0/s1. The Hall–Kier alpha value is -2.79. The lowest BCUT2D eigenvalue weighted by Crippen LogP contribution is -2.29. The maximum Gasteiger partial charge on any atom is 0.230 e. The van der Waals surface area contributed by atoms with Gasteiger partial charge in [0.05, 0.1) is 23.2 Å². The molecule has 3 aromatic rings. The van der Waals surface area contributed by atoms with E-state index in [1.165, 1.54) is 11.8 Å². The average Bonchev–Trinajstić information content (AvgIpc) is 2.67. The molecule has 0 aromatic heterocycles. The van der Waals surface area contributed by atoms with Crippen molar-refractivity contribution in [3.05, 3.63) is 72.3 Å². The Morgan fingerprint density at radius 2 is 1.85 bits per heavy atom. The molecule has 4 nitrogen and oxygen atoms in total. The highest BCUT2D eigenvalue weighted by Crippen LogP contribution is 2.36. The van der Waals surface area contributed by atoms with E-state index in [0.29, 0.717) is 5.75 Å². The molecule has 2 N–H and O–H groups in total. The molecule has 26 heavy (non-hydrogen) atoms. The van der Waals surface area contributed by atoms with E-state index in [0.717, 1.165) is 32.9 Å². The van der Waals surface area contributed by atoms with Crippen molar-refractivity contribution >= 4 is 45.0 Å². The third-order valence-corrected chi connectivity index (χ3v) is 5.24. The van der Waals surface area contributed by atoms with E-state index in [2.05, 4.69) is 27.8 Å². The van der Waals surface area contributed by atoms with Crippen LogP contribution in [0.2, 0.25) is 0 Å². The Morgan fingerprint density at radius 3 is 2.65 bits per heavy atom. The predicted octanol–water partition coefficient (Wildman–Crippen LogP) is 4.86. The Labute approximate surface area is 156 Å². The summed E-state index contributed by atoms with van der Waals surface area (Å²) in [5, 5.41) is 9.40. The van der Waals surface area contributed by atoms with Crippen molar-refractivity contribution in [2.45, 2.75) is 13.0 Å². The van der Waals surface area contributed by atoms with Crippen LogP contribution in [0.3, 0.4) is 0 Å². The quantitative estimate of drug-likeness (QED) is 0.697. The number of rotatable bonds is 4. The first-order valence-corrected chi connectivity index (χ1v) is 9.54. The van der Waals surface area contributed by atoms with Crippen LogP contribution in [0.4, 0.5) is 11.4 Å². The molecule has 1 atom stereocenters. The molecule has 5 heteroatoms. The zero-order valence-corrected chi connectivity index (χ0v) is 15.2. The molecule has 3 aromatic carbocycles. The van der Waals surface area contributed by atoms with E-state index < -0.39 is 0 Å². The topological polar surface area (TPSA) is 53.5 Å². The maximum absolute atomic E-state index is 12.3. The van der Waals surface area contributed by atoms with E-state index in [4.69, 9.17) is 0 Å². The third-order valence-electron chi connectivity index (χ3n) is 4.36. The molecule has 1 amide bonds. The molecule has 0 aliphatic carbocycles. The first kappa shape index (κ1) is 16.7. The SMILES string of the molecule is C[C@H](NC(=O)CSC1=Nc2cccc3cccc(c23)N1)c1ccccc1. The predicted molar refractivity (Wildman–Crippen MR) is 110 cm³/mol. The molecule has 0 bridgehead atoms. The van der Waals surface area contributed by atoms with Crippen LogP contribution in [0, 0.1) is 0 Å². The van der Waals surface area contributed by atoms with Gasteiger partial charge in [-0.2, -0.15) is 0 Å². The number of thioether (sulfide) groups is 1. The van der Waals surface area contributed by atoms with E-state index in [1.54, 1.807) is 0 Å². The summed E-state index contributed by atoms with van der Waals surface area (Å²) >= 11 is 1.42. The van der Waals surface area contributed by atoms with E-state index >= 15 is 0 Å². The monoisotopic (exact) mass is 361 g/mol. The molecule has 1 aliphatic rings. The van der Waals surface area contributed by atoms with Crippen molar-refractivity contribution in [2.24, 2.45) is 4.99 Å². The molecular formula is C21H19N3OS. The lowest BCUT2D eigenvalue weighted by atomic mass is 10.1. The van der Waals surface area contributed by atoms with Crippen LogP contribution >= 0.6 is 11.8 Å². The van der Waals surface area contributed by atoms with Gasteiger partial charge in [-0.1, -0.05) is 66.4 Å². The first-order valence-electron chi connectivity index (χ1n) is 8.55. The van der Waals surface area contributed by atoms with Crippen LogP contribution in [-0.4, -0.2) is 16.8 Å². The van der Waals surface area contributed by atoms with Crippen molar-refractivity contribution in [1.29, 1.82) is 0 Å². The zero-order chi connectivity index (χ0) is 17.9. The number of carbonyl (C=O) groups excluding carboxylic acids is 1. The van der Waals surface area contributed by atoms with Crippen molar-refractivity contribution in [3.63, 3.8) is 0 Å². The van der Waals surface area contributed by atoms with Gasteiger partial charge in [0.2, 0.25) is 5.91 Å². The fourth-order valence-electron chi connectivity index (χ4n) is 3.08. The largest absolute Gasteiger partial charge is 0.349 e. The van der Waals surface area contributed by atoms with Gasteiger partial charge in [-0.05, 0) is 30.0 Å². The Balaban J connectivity index is 1.42. The lowest BCUT2D eigenvalue weighted by Gasteiger charge is -2.19. The van der Waals surface area contributed by atoms with Gasteiger partial charge < -0.3 is 10.6 Å². The van der Waals surface area contributed by atoms with Gasteiger partial charge in [0.15, 0.2) is 5.17 Å². The molecule has 130 valence electrons. The molecule has 0 fully saturated rings. The van der Waals surface area contributed by atoms with Gasteiger partial charge in [-0.15, -0.1) is 0 Å². The highest BCUT2D eigenvalue weighted by Gasteiger charge is 2.16. The number of amides is 1. The highest BCUT2D eigenvalue weighted by atomic mass is 32.2. The molecule has 0 saturated carbocycles. The fourth-order valence-corrected chi connectivity index (χ4v) is 3.78. The molecule has 1 heterocycles. The van der Waals surface area contributed by atoms with E-state index in [-0.39, 0.29) is 11.9 Å². The second-order valence-electron chi connectivity index (χ2n) is 6.21. The van der Waals surface area contributed by atoms with Crippen molar-refractivity contribution < 1.29 is 4.79 Å². The summed E-state index contributed by atoms with van der Waals surface area (Å²) in [5.74, 6) is 0.314. The molecule has 0 saturated heterocycles. The molecule has 1 aliphatic heterocycles. The number of aliphatic imine (C=N–C) groups is 1. The summed E-state index contributed by atoms with van der Waals surface area (Å²) in [6.07, 6.45) is 0. The van der Waals surface area contributed by atoms with E-state index in [9.17, 15) is 4.79 Å². The molecular weight excluding hydrogens is 342 g/mol. The summed E-state index contributed by atoms with van der Waals surface area (Å²) in [6.45, 7) is 1.99. The highest BCUT2D eigenvalue weighted by molar-refractivity contribution is 8.14. The molecule has 0 spiro atoms. The first-order chi connectivity index (χ1) is 12.7. The van der Waals surface area contributed by atoms with Gasteiger partial charge in [-0.3, -0.25) is 4.79 Å².